The maximum absolute atomic E-state index is 13.4. The summed E-state index contributed by atoms with van der Waals surface area (Å²) in [5, 5.41) is 17.3. The number of carbonyl (C=O) groups is 2. The third kappa shape index (κ3) is 8.15. The number of piperidine rings is 4. The predicted octanol–water partition coefficient (Wildman–Crippen LogP) is 4.90. The van der Waals surface area contributed by atoms with E-state index in [-0.39, 0.29) is 29.7 Å². The molecule has 6 heterocycles. The number of pyridine rings is 1. The van der Waals surface area contributed by atoms with E-state index >= 15 is 0 Å². The molecule has 4 aliphatic heterocycles. The van der Waals surface area contributed by atoms with Crippen molar-refractivity contribution in [1.29, 1.82) is 0 Å². The first-order chi connectivity index (χ1) is 27.2. The van der Waals surface area contributed by atoms with Crippen molar-refractivity contribution in [1.82, 2.24) is 24.8 Å². The fourth-order valence-electron chi connectivity index (χ4n) is 9.10. The van der Waals surface area contributed by atoms with Crippen molar-refractivity contribution in [3.05, 3.63) is 94.8 Å². The highest BCUT2D eigenvalue weighted by Gasteiger charge is 2.29. The lowest BCUT2D eigenvalue weighted by Gasteiger charge is -2.38. The number of nitrogens with zero attached hydrogens (tertiary/aromatic N) is 6. The number of aromatic nitrogens is 3. The van der Waals surface area contributed by atoms with Crippen LogP contribution in [0.4, 0.5) is 23.0 Å². The van der Waals surface area contributed by atoms with Crippen molar-refractivity contribution in [3.63, 3.8) is 0 Å². The molecule has 13 nitrogen and oxygen atoms in total. The Labute approximate surface area is 327 Å². The number of benzene rings is 2. The average molecular weight is 760 g/mol. The number of aliphatic hydroxyl groups is 1. The van der Waals surface area contributed by atoms with E-state index in [0.717, 1.165) is 94.6 Å². The van der Waals surface area contributed by atoms with E-state index in [4.69, 9.17) is 10.7 Å². The number of hydrogen-bond acceptors (Lipinski definition) is 10. The summed E-state index contributed by atoms with van der Waals surface area (Å²) in [6.45, 7) is 10.8. The third-order valence-electron chi connectivity index (χ3n) is 12.4. The van der Waals surface area contributed by atoms with Crippen molar-refractivity contribution in [3.8, 4) is 0 Å². The van der Waals surface area contributed by atoms with Crippen molar-refractivity contribution < 1.29 is 14.7 Å². The number of likely N-dealkylation sites (tertiary alicyclic amines) is 1. The van der Waals surface area contributed by atoms with Crippen LogP contribution in [0.5, 0.6) is 0 Å². The monoisotopic (exact) mass is 759 g/mol. The van der Waals surface area contributed by atoms with Crippen LogP contribution in [0.1, 0.15) is 79.4 Å². The van der Waals surface area contributed by atoms with Gasteiger partial charge >= 0.3 is 0 Å². The average Bonchev–Trinajstić information content (AvgIpc) is 3.22. The summed E-state index contributed by atoms with van der Waals surface area (Å²) in [7, 11) is 0. The molecular weight excluding hydrogens is 707 g/mol. The van der Waals surface area contributed by atoms with Crippen molar-refractivity contribution in [2.75, 3.05) is 67.5 Å². The zero-order chi connectivity index (χ0) is 38.8. The van der Waals surface area contributed by atoms with Gasteiger partial charge in [0.1, 0.15) is 11.9 Å². The van der Waals surface area contributed by atoms with Gasteiger partial charge in [0.2, 0.25) is 5.91 Å². The van der Waals surface area contributed by atoms with E-state index in [1.54, 1.807) is 17.0 Å². The van der Waals surface area contributed by atoms with Gasteiger partial charge in [-0.25, -0.2) is 9.97 Å². The number of anilines is 4. The van der Waals surface area contributed by atoms with E-state index in [1.165, 1.54) is 5.56 Å². The van der Waals surface area contributed by atoms with E-state index in [9.17, 15) is 19.5 Å². The highest BCUT2D eigenvalue weighted by molar-refractivity contribution is 5.96. The van der Waals surface area contributed by atoms with Gasteiger partial charge in [-0.15, -0.1) is 0 Å². The van der Waals surface area contributed by atoms with E-state index in [0.29, 0.717) is 53.9 Å². The Balaban J connectivity index is 0.817. The molecule has 2 atom stereocenters. The zero-order valence-electron chi connectivity index (χ0n) is 32.0. The van der Waals surface area contributed by atoms with Gasteiger partial charge in [-0.1, -0.05) is 18.7 Å². The van der Waals surface area contributed by atoms with Crippen LogP contribution in [0.25, 0.3) is 10.8 Å². The topological polar surface area (TPSA) is 162 Å². The summed E-state index contributed by atoms with van der Waals surface area (Å²) in [5.74, 6) is 1.58. The number of rotatable bonds is 10. The fraction of sp³-hybridized carbons (Fsp3) is 0.465. The number of carbonyl (C=O) groups excluding carboxylic acids is 2. The second-order valence-corrected chi connectivity index (χ2v) is 16.1. The SMILES string of the molecule is C=C1CCC(n2ccc3cc(N4CCC(CN5CCC(c6ccc(Nc7nc(N8CCC[C@@H](CO)C8)cnc7C(N)=O)cc6)CC5)CC4)ccc3c2=O)C(=O)N1. The molecule has 0 radical (unpaired) electrons. The van der Waals surface area contributed by atoms with E-state index < -0.39 is 11.9 Å². The van der Waals surface area contributed by atoms with Gasteiger partial charge < -0.3 is 40.7 Å². The molecule has 1 unspecified atom stereocenters. The molecule has 2 aromatic carbocycles. The van der Waals surface area contributed by atoms with Gasteiger partial charge in [0, 0.05) is 68.0 Å². The molecule has 8 rings (SSSR count). The van der Waals surface area contributed by atoms with Gasteiger partial charge in [-0.05, 0) is 130 Å². The van der Waals surface area contributed by atoms with Crippen molar-refractivity contribution in [2.45, 2.75) is 63.3 Å². The maximum Gasteiger partial charge on any atom is 0.271 e. The molecule has 4 saturated heterocycles. The second kappa shape index (κ2) is 16.4. The molecule has 0 bridgehead atoms. The highest BCUT2D eigenvalue weighted by atomic mass is 16.3. The fourth-order valence-corrected chi connectivity index (χ4v) is 9.10. The minimum atomic E-state index is -0.633. The number of fused-ring (bicyclic) bond motifs is 1. The zero-order valence-corrected chi connectivity index (χ0v) is 32.0. The minimum absolute atomic E-state index is 0.104. The van der Waals surface area contributed by atoms with Gasteiger partial charge in [-0.2, -0.15) is 0 Å². The number of nitrogens with two attached hydrogens (primary N) is 1. The molecule has 4 aliphatic rings. The molecule has 0 saturated carbocycles. The Morgan fingerprint density at radius 2 is 1.71 bits per heavy atom. The van der Waals surface area contributed by atoms with Crippen LogP contribution >= 0.6 is 0 Å². The summed E-state index contributed by atoms with van der Waals surface area (Å²) < 4.78 is 1.57. The van der Waals surface area contributed by atoms with Crippen molar-refractivity contribution >= 4 is 45.6 Å². The molecule has 5 N–H and O–H groups in total. The van der Waals surface area contributed by atoms with E-state index in [2.05, 4.69) is 61.2 Å². The number of aliphatic hydroxyl groups excluding tert-OH is 1. The number of nitrogens with one attached hydrogen (secondary N) is 2. The second-order valence-electron chi connectivity index (χ2n) is 16.1. The van der Waals surface area contributed by atoms with Crippen LogP contribution in [-0.4, -0.2) is 88.8 Å². The summed E-state index contributed by atoms with van der Waals surface area (Å²) >= 11 is 0. The summed E-state index contributed by atoms with van der Waals surface area (Å²) in [6, 6.07) is 16.0. The van der Waals surface area contributed by atoms with Gasteiger partial charge in [0.15, 0.2) is 11.5 Å². The molecule has 13 heteroatoms. The Morgan fingerprint density at radius 1 is 0.929 bits per heavy atom. The van der Waals surface area contributed by atoms with Crippen LogP contribution < -0.4 is 31.7 Å². The van der Waals surface area contributed by atoms with Crippen LogP contribution in [0.3, 0.4) is 0 Å². The van der Waals surface area contributed by atoms with Gasteiger partial charge in [0.05, 0.1) is 6.20 Å². The Morgan fingerprint density at radius 3 is 2.45 bits per heavy atom. The Kier molecular flexibility index (Phi) is 11.1. The maximum atomic E-state index is 13.4. The smallest absolute Gasteiger partial charge is 0.271 e. The molecule has 4 aromatic rings. The normalized spacial score (nSPS) is 21.7. The standard InChI is InChI=1S/C43H53N9O4/c1-28-4-11-37(42(55)46-28)52-22-16-33-23-35(9-10-36(33)43(52)56)50-20-12-29(13-21-50)25-49-18-14-32(15-19-49)31-5-7-34(8-6-31)47-41-39(40(44)54)45-24-38(48-41)51-17-2-3-30(26-51)27-53/h5-10,16,22-24,29-30,32,37,53H,1-4,11-15,17-21,25-27H2,(H2,44,54)(H,46,55)(H,47,48)/t30-,37?/m1/s1. The lowest BCUT2D eigenvalue weighted by Crippen LogP contribution is -2.41. The highest BCUT2D eigenvalue weighted by Crippen LogP contribution is 2.33. The first-order valence-electron chi connectivity index (χ1n) is 20.2. The molecule has 294 valence electrons. The summed E-state index contributed by atoms with van der Waals surface area (Å²) in [4.78, 5) is 54.4. The minimum Gasteiger partial charge on any atom is -0.396 e. The number of amides is 2. The van der Waals surface area contributed by atoms with E-state index in [1.807, 2.05) is 24.3 Å². The first kappa shape index (κ1) is 37.6. The molecule has 4 fully saturated rings. The predicted molar refractivity (Wildman–Crippen MR) is 219 cm³/mol. The Hall–Kier alpha value is -5.27. The lowest BCUT2D eigenvalue weighted by atomic mass is 9.88. The molecule has 2 amide bonds. The van der Waals surface area contributed by atoms with Crippen molar-refractivity contribution in [2.24, 2.45) is 17.6 Å². The third-order valence-corrected chi connectivity index (χ3v) is 12.4. The van der Waals surface area contributed by atoms with Gasteiger partial charge in [-0.3, -0.25) is 14.4 Å². The largest absolute Gasteiger partial charge is 0.396 e. The molecule has 2 aromatic heterocycles. The molecule has 56 heavy (non-hydrogen) atoms. The van der Waals surface area contributed by atoms with Crippen LogP contribution in [0.15, 0.2) is 78.0 Å². The summed E-state index contributed by atoms with van der Waals surface area (Å²) in [5.41, 5.74) is 9.63. The van der Waals surface area contributed by atoms with Crippen LogP contribution in [-0.2, 0) is 4.79 Å². The molecular formula is C43H53N9O4. The molecule has 0 spiro atoms. The quantitative estimate of drug-likeness (QED) is 0.175. The first-order valence-corrected chi connectivity index (χ1v) is 20.2. The van der Waals surface area contributed by atoms with Crippen LogP contribution in [0.2, 0.25) is 0 Å². The van der Waals surface area contributed by atoms with Crippen LogP contribution in [0, 0.1) is 11.8 Å². The number of primary amides is 1. The molecule has 0 aliphatic carbocycles. The van der Waals surface area contributed by atoms with Gasteiger partial charge in [0.25, 0.3) is 11.5 Å². The number of allylic oxidation sites excluding steroid dienone is 1. The number of hydrogen-bond donors (Lipinski definition) is 4. The summed E-state index contributed by atoms with van der Waals surface area (Å²) in [6.07, 6.45) is 11.1. The Bertz CT molecular complexity index is 2140. The lowest BCUT2D eigenvalue weighted by molar-refractivity contribution is -0.124.